The average molecular weight is 334 g/mol. The molecule has 3 aromatic rings. The molecule has 0 N–H and O–H groups in total. The molecule has 0 unspecified atom stereocenters. The molecule has 0 saturated carbocycles. The van der Waals surface area contributed by atoms with Crippen LogP contribution in [-0.4, -0.2) is 22.9 Å². The molecule has 118 valence electrons. The Bertz CT molecular complexity index is 895. The molecule has 8 heteroatoms. The van der Waals surface area contributed by atoms with Gasteiger partial charge in [-0.2, -0.15) is 4.68 Å². The molecule has 0 saturated heterocycles. The first-order valence-electron chi connectivity index (χ1n) is 6.58. The highest BCUT2D eigenvalue weighted by atomic mass is 32.1. The zero-order valence-corrected chi connectivity index (χ0v) is 12.8. The van der Waals surface area contributed by atoms with Crippen molar-refractivity contribution in [3.05, 3.63) is 62.5 Å². The van der Waals surface area contributed by atoms with E-state index >= 15 is 0 Å². The Labute approximate surface area is 133 Å². The van der Waals surface area contributed by atoms with Gasteiger partial charge >= 0.3 is 11.7 Å². The molecule has 0 bridgehead atoms. The zero-order chi connectivity index (χ0) is 16.4. The van der Waals surface area contributed by atoms with E-state index in [2.05, 4.69) is 9.84 Å². The van der Waals surface area contributed by atoms with Gasteiger partial charge in [0, 0.05) is 10.4 Å². The lowest BCUT2D eigenvalue weighted by atomic mass is 10.2. The van der Waals surface area contributed by atoms with Crippen molar-refractivity contribution in [3.8, 4) is 11.5 Å². The number of thiophene rings is 1. The van der Waals surface area contributed by atoms with E-state index in [-0.39, 0.29) is 18.3 Å². The van der Waals surface area contributed by atoms with E-state index in [1.54, 1.807) is 12.1 Å². The fourth-order valence-corrected chi connectivity index (χ4v) is 2.84. The first kappa shape index (κ1) is 15.2. The lowest BCUT2D eigenvalue weighted by Gasteiger charge is -1.95. The zero-order valence-electron chi connectivity index (χ0n) is 12.0. The summed E-state index contributed by atoms with van der Waals surface area (Å²) in [6.07, 6.45) is 0. The van der Waals surface area contributed by atoms with Crippen LogP contribution in [0.5, 0.6) is 0 Å². The van der Waals surface area contributed by atoms with Crippen molar-refractivity contribution < 1.29 is 18.3 Å². The van der Waals surface area contributed by atoms with E-state index in [0.29, 0.717) is 10.4 Å². The normalized spacial score (nSPS) is 10.7. The largest absolute Gasteiger partial charge is 0.465 e. The summed E-state index contributed by atoms with van der Waals surface area (Å²) in [5, 5.41) is 4.08. The van der Waals surface area contributed by atoms with Crippen LogP contribution in [0.25, 0.3) is 11.5 Å². The van der Waals surface area contributed by atoms with Crippen LogP contribution in [-0.2, 0) is 11.3 Å². The fraction of sp³-hybridized carbons (Fsp3) is 0.133. The van der Waals surface area contributed by atoms with Gasteiger partial charge in [-0.05, 0) is 36.4 Å². The van der Waals surface area contributed by atoms with Gasteiger partial charge in [-0.1, -0.05) is 0 Å². The van der Waals surface area contributed by atoms with Crippen molar-refractivity contribution in [1.29, 1.82) is 0 Å². The second-order valence-corrected chi connectivity index (χ2v) is 5.76. The Morgan fingerprint density at radius 1 is 1.30 bits per heavy atom. The first-order valence-corrected chi connectivity index (χ1v) is 7.39. The van der Waals surface area contributed by atoms with Crippen molar-refractivity contribution in [3.63, 3.8) is 0 Å². The van der Waals surface area contributed by atoms with E-state index < -0.39 is 11.7 Å². The standard InChI is InChI=1S/C15H11FN2O4S/c1-21-14(19)12-7-6-11(23-12)8-18-15(20)22-13(17-18)9-2-4-10(16)5-3-9/h2-7H,8H2,1H3. The summed E-state index contributed by atoms with van der Waals surface area (Å²) < 4.78 is 23.8. The van der Waals surface area contributed by atoms with E-state index in [9.17, 15) is 14.0 Å². The fourth-order valence-electron chi connectivity index (χ4n) is 1.94. The molecule has 0 atom stereocenters. The molecule has 2 heterocycles. The van der Waals surface area contributed by atoms with E-state index in [4.69, 9.17) is 4.42 Å². The lowest BCUT2D eigenvalue weighted by Crippen LogP contribution is -2.15. The smallest absolute Gasteiger partial charge is 0.437 e. The number of carbonyl (C=O) groups is 1. The van der Waals surface area contributed by atoms with Crippen molar-refractivity contribution in [2.45, 2.75) is 6.54 Å². The number of rotatable bonds is 4. The molecule has 6 nitrogen and oxygen atoms in total. The minimum Gasteiger partial charge on any atom is -0.465 e. The Balaban J connectivity index is 1.84. The topological polar surface area (TPSA) is 74.3 Å². The molecule has 2 aromatic heterocycles. The van der Waals surface area contributed by atoms with Gasteiger partial charge in [0.05, 0.1) is 13.7 Å². The molecule has 0 fully saturated rings. The Kier molecular flexibility index (Phi) is 4.07. The van der Waals surface area contributed by atoms with Crippen LogP contribution in [0.2, 0.25) is 0 Å². The summed E-state index contributed by atoms with van der Waals surface area (Å²) in [6, 6.07) is 8.82. The second kappa shape index (κ2) is 6.17. The molecule has 0 aliphatic heterocycles. The van der Waals surface area contributed by atoms with Crippen LogP contribution >= 0.6 is 11.3 Å². The maximum atomic E-state index is 12.9. The predicted molar refractivity (Wildman–Crippen MR) is 80.9 cm³/mol. The molecule has 3 rings (SSSR count). The summed E-state index contributed by atoms with van der Waals surface area (Å²) in [4.78, 5) is 24.5. The average Bonchev–Trinajstić information content (AvgIpc) is 3.15. The highest BCUT2D eigenvalue weighted by Crippen LogP contribution is 2.19. The van der Waals surface area contributed by atoms with Gasteiger partial charge in [0.2, 0.25) is 5.89 Å². The highest BCUT2D eigenvalue weighted by molar-refractivity contribution is 7.13. The van der Waals surface area contributed by atoms with E-state index in [1.165, 1.54) is 42.7 Å². The molecule has 1 aromatic carbocycles. The number of aromatic nitrogens is 2. The third-order valence-electron chi connectivity index (χ3n) is 3.05. The summed E-state index contributed by atoms with van der Waals surface area (Å²) >= 11 is 1.21. The molecule has 0 aliphatic carbocycles. The van der Waals surface area contributed by atoms with Gasteiger partial charge in [-0.3, -0.25) is 0 Å². The summed E-state index contributed by atoms with van der Waals surface area (Å²) in [5.74, 6) is -1.33. The molecule has 0 aliphatic rings. The van der Waals surface area contributed by atoms with Gasteiger partial charge in [0.1, 0.15) is 10.7 Å². The molecular weight excluding hydrogens is 323 g/mol. The number of benzene rings is 1. The first-order chi connectivity index (χ1) is 11.1. The maximum absolute atomic E-state index is 12.9. The number of methoxy groups -OCH3 is 1. The molecule has 0 spiro atoms. The Morgan fingerprint density at radius 2 is 2.04 bits per heavy atom. The predicted octanol–water partition coefficient (Wildman–Crippen LogP) is 2.54. The van der Waals surface area contributed by atoms with Crippen molar-refractivity contribution in [1.82, 2.24) is 9.78 Å². The number of hydrogen-bond donors (Lipinski definition) is 0. The van der Waals surface area contributed by atoms with Gasteiger partial charge < -0.3 is 9.15 Å². The number of hydrogen-bond acceptors (Lipinski definition) is 6. The summed E-state index contributed by atoms with van der Waals surface area (Å²) in [5.41, 5.74) is 0.503. The third-order valence-corrected chi connectivity index (χ3v) is 4.10. The summed E-state index contributed by atoms with van der Waals surface area (Å²) in [7, 11) is 1.30. The van der Waals surface area contributed by atoms with E-state index in [1.807, 2.05) is 0 Å². The van der Waals surface area contributed by atoms with Gasteiger partial charge in [0.15, 0.2) is 0 Å². The quantitative estimate of drug-likeness (QED) is 0.686. The number of esters is 1. The van der Waals surface area contributed by atoms with Crippen molar-refractivity contribution in [2.75, 3.05) is 7.11 Å². The van der Waals surface area contributed by atoms with E-state index in [0.717, 1.165) is 9.56 Å². The van der Waals surface area contributed by atoms with Crippen LogP contribution in [0, 0.1) is 5.82 Å². The number of nitrogens with zero attached hydrogens (tertiary/aromatic N) is 2. The molecule has 0 radical (unpaired) electrons. The van der Waals surface area contributed by atoms with Crippen molar-refractivity contribution in [2.24, 2.45) is 0 Å². The van der Waals surface area contributed by atoms with Crippen LogP contribution in [0.15, 0.2) is 45.6 Å². The lowest BCUT2D eigenvalue weighted by molar-refractivity contribution is 0.0606. The molecule has 23 heavy (non-hydrogen) atoms. The van der Waals surface area contributed by atoms with Gasteiger partial charge in [-0.15, -0.1) is 16.4 Å². The maximum Gasteiger partial charge on any atom is 0.437 e. The van der Waals surface area contributed by atoms with Crippen LogP contribution in [0.4, 0.5) is 4.39 Å². The number of halogens is 1. The SMILES string of the molecule is COC(=O)c1ccc(Cn2nc(-c3ccc(F)cc3)oc2=O)s1. The second-order valence-electron chi connectivity index (χ2n) is 4.60. The third kappa shape index (κ3) is 3.21. The Morgan fingerprint density at radius 3 is 2.74 bits per heavy atom. The minimum atomic E-state index is -0.627. The Hall–Kier alpha value is -2.74. The molecular formula is C15H11FN2O4S. The summed E-state index contributed by atoms with van der Waals surface area (Å²) in [6.45, 7) is 0.172. The van der Waals surface area contributed by atoms with Gasteiger partial charge in [0.25, 0.3) is 0 Å². The van der Waals surface area contributed by atoms with Gasteiger partial charge in [-0.25, -0.2) is 14.0 Å². The van der Waals surface area contributed by atoms with Crippen LogP contribution in [0.3, 0.4) is 0 Å². The number of carbonyl (C=O) groups excluding carboxylic acids is 1. The molecule has 0 amide bonds. The van der Waals surface area contributed by atoms with Crippen LogP contribution in [0.1, 0.15) is 14.5 Å². The van der Waals surface area contributed by atoms with Crippen molar-refractivity contribution >= 4 is 17.3 Å². The minimum absolute atomic E-state index is 0.111. The monoisotopic (exact) mass is 334 g/mol. The number of ether oxygens (including phenoxy) is 1. The van der Waals surface area contributed by atoms with Crippen LogP contribution < -0.4 is 5.76 Å². The highest BCUT2D eigenvalue weighted by Gasteiger charge is 2.13.